The van der Waals surface area contributed by atoms with Gasteiger partial charge in [0.1, 0.15) is 11.2 Å². The summed E-state index contributed by atoms with van der Waals surface area (Å²) in [5, 5.41) is 0. The summed E-state index contributed by atoms with van der Waals surface area (Å²) < 4.78 is 41.1. The van der Waals surface area contributed by atoms with E-state index in [1.807, 2.05) is 0 Å². The summed E-state index contributed by atoms with van der Waals surface area (Å²) in [7, 11) is -3.88. The highest BCUT2D eigenvalue weighted by molar-refractivity contribution is 7.88. The zero-order valence-corrected chi connectivity index (χ0v) is 18.3. The van der Waals surface area contributed by atoms with E-state index in [9.17, 15) is 18.0 Å². The van der Waals surface area contributed by atoms with Crippen molar-refractivity contribution in [1.82, 2.24) is 9.21 Å². The van der Waals surface area contributed by atoms with Gasteiger partial charge in [0.25, 0.3) is 0 Å². The molecule has 1 rings (SSSR count). The molecule has 10 heteroatoms. The Hall–Kier alpha value is -1.55. The van der Waals surface area contributed by atoms with Crippen molar-refractivity contribution in [2.24, 2.45) is 0 Å². The maximum Gasteiger partial charge on any atom is 0.424 e. The molecule has 27 heavy (non-hydrogen) atoms. The van der Waals surface area contributed by atoms with Crippen LogP contribution in [0.1, 0.15) is 48.5 Å². The van der Waals surface area contributed by atoms with Gasteiger partial charge in [-0.3, -0.25) is 0 Å². The van der Waals surface area contributed by atoms with E-state index < -0.39 is 39.5 Å². The SMILES string of the molecule is C[C@H]1CN(C(=O)OC(C)(C)C)C[C@@H](CN(C(=O)OC(C)(C)C)S(C)(=O)=O)O1. The first-order chi connectivity index (χ1) is 12.0. The molecule has 1 saturated heterocycles. The van der Waals surface area contributed by atoms with Crippen LogP contribution in [0.15, 0.2) is 0 Å². The van der Waals surface area contributed by atoms with Crippen molar-refractivity contribution in [3.05, 3.63) is 0 Å². The summed E-state index contributed by atoms with van der Waals surface area (Å²) in [5.74, 6) is 0. The second kappa shape index (κ2) is 8.22. The highest BCUT2D eigenvalue weighted by Crippen LogP contribution is 2.19. The number of rotatable bonds is 3. The minimum absolute atomic E-state index is 0.105. The second-order valence-corrected chi connectivity index (χ2v) is 10.6. The molecule has 0 bridgehead atoms. The van der Waals surface area contributed by atoms with E-state index in [-0.39, 0.29) is 19.2 Å². The van der Waals surface area contributed by atoms with Gasteiger partial charge in [-0.05, 0) is 48.5 Å². The monoisotopic (exact) mass is 408 g/mol. The molecule has 2 atom stereocenters. The Balaban J connectivity index is 2.91. The van der Waals surface area contributed by atoms with Gasteiger partial charge in [-0.2, -0.15) is 0 Å². The third-order valence-electron chi connectivity index (χ3n) is 3.34. The fourth-order valence-electron chi connectivity index (χ4n) is 2.46. The van der Waals surface area contributed by atoms with Gasteiger partial charge in [0.15, 0.2) is 0 Å². The number of amides is 2. The summed E-state index contributed by atoms with van der Waals surface area (Å²) in [6.07, 6.45) is -1.59. The maximum atomic E-state index is 12.3. The van der Waals surface area contributed by atoms with Gasteiger partial charge >= 0.3 is 12.2 Å². The lowest BCUT2D eigenvalue weighted by Crippen LogP contribution is -2.55. The number of sulfonamides is 1. The van der Waals surface area contributed by atoms with Gasteiger partial charge < -0.3 is 19.1 Å². The van der Waals surface area contributed by atoms with E-state index >= 15 is 0 Å². The van der Waals surface area contributed by atoms with Gasteiger partial charge in [-0.15, -0.1) is 0 Å². The van der Waals surface area contributed by atoms with Crippen LogP contribution in [0.4, 0.5) is 9.59 Å². The predicted octanol–water partition coefficient (Wildman–Crippen LogP) is 2.21. The quantitative estimate of drug-likeness (QED) is 0.705. The van der Waals surface area contributed by atoms with Gasteiger partial charge in [0.2, 0.25) is 10.0 Å². The summed E-state index contributed by atoms with van der Waals surface area (Å²) in [5.41, 5.74) is -1.49. The molecular formula is C17H32N2O7S. The van der Waals surface area contributed by atoms with Crippen LogP contribution in [0.5, 0.6) is 0 Å². The highest BCUT2D eigenvalue weighted by Gasteiger charge is 2.36. The molecule has 0 unspecified atom stereocenters. The van der Waals surface area contributed by atoms with Crippen LogP contribution in [-0.4, -0.2) is 79.1 Å². The van der Waals surface area contributed by atoms with Crippen molar-refractivity contribution in [1.29, 1.82) is 0 Å². The van der Waals surface area contributed by atoms with Crippen LogP contribution in [0.2, 0.25) is 0 Å². The lowest BCUT2D eigenvalue weighted by Gasteiger charge is -2.38. The minimum Gasteiger partial charge on any atom is -0.444 e. The largest absolute Gasteiger partial charge is 0.444 e. The van der Waals surface area contributed by atoms with Gasteiger partial charge in [0.05, 0.1) is 38.1 Å². The molecular weight excluding hydrogens is 376 g/mol. The Labute approximate surface area is 162 Å². The lowest BCUT2D eigenvalue weighted by molar-refractivity contribution is -0.0838. The first kappa shape index (κ1) is 23.5. The van der Waals surface area contributed by atoms with Crippen LogP contribution >= 0.6 is 0 Å². The van der Waals surface area contributed by atoms with Crippen molar-refractivity contribution in [2.75, 3.05) is 25.9 Å². The molecule has 1 heterocycles. The standard InChI is InChI=1S/C17H32N2O7S/c1-12-9-18(14(20)25-16(2,3)4)10-13(24-12)11-19(27(8,22)23)15(21)26-17(5,6)7/h12-13H,9-11H2,1-8H3/t12-,13-/m0/s1. The van der Waals surface area contributed by atoms with Gasteiger partial charge in [-0.1, -0.05) is 0 Å². The molecule has 0 aromatic rings. The molecule has 0 spiro atoms. The van der Waals surface area contributed by atoms with Crippen LogP contribution < -0.4 is 0 Å². The Kier molecular flexibility index (Phi) is 7.15. The van der Waals surface area contributed by atoms with E-state index in [0.29, 0.717) is 10.8 Å². The average molecular weight is 409 g/mol. The molecule has 0 N–H and O–H groups in total. The fourth-order valence-corrected chi connectivity index (χ4v) is 3.21. The zero-order chi connectivity index (χ0) is 21.2. The average Bonchev–Trinajstić information content (AvgIpc) is 2.39. The number of carbonyl (C=O) groups is 2. The van der Waals surface area contributed by atoms with E-state index in [2.05, 4.69) is 0 Å². The zero-order valence-electron chi connectivity index (χ0n) is 17.4. The lowest BCUT2D eigenvalue weighted by atomic mass is 10.2. The van der Waals surface area contributed by atoms with E-state index in [0.717, 1.165) is 6.26 Å². The summed E-state index contributed by atoms with van der Waals surface area (Å²) >= 11 is 0. The number of hydrogen-bond donors (Lipinski definition) is 0. The van der Waals surface area contributed by atoms with Crippen LogP contribution in [-0.2, 0) is 24.2 Å². The Morgan fingerprint density at radius 3 is 2.04 bits per heavy atom. The van der Waals surface area contributed by atoms with Gasteiger partial charge in [-0.25, -0.2) is 22.3 Å². The van der Waals surface area contributed by atoms with E-state index in [4.69, 9.17) is 14.2 Å². The van der Waals surface area contributed by atoms with Crippen molar-refractivity contribution < 1.29 is 32.2 Å². The molecule has 0 radical (unpaired) electrons. The van der Waals surface area contributed by atoms with Crippen molar-refractivity contribution in [2.45, 2.75) is 71.9 Å². The second-order valence-electron chi connectivity index (χ2n) is 8.73. The number of nitrogens with zero attached hydrogens (tertiary/aromatic N) is 2. The first-order valence-corrected chi connectivity index (χ1v) is 10.7. The molecule has 0 aliphatic carbocycles. The predicted molar refractivity (Wildman–Crippen MR) is 99.9 cm³/mol. The summed E-state index contributed by atoms with van der Waals surface area (Å²) in [6.45, 7) is 12.2. The molecule has 9 nitrogen and oxygen atoms in total. The maximum absolute atomic E-state index is 12.3. The normalized spacial score (nSPS) is 21.6. The molecule has 0 aromatic heterocycles. The van der Waals surface area contributed by atoms with Crippen LogP contribution in [0.3, 0.4) is 0 Å². The molecule has 0 aromatic carbocycles. The van der Waals surface area contributed by atoms with Crippen LogP contribution in [0.25, 0.3) is 0 Å². The molecule has 1 aliphatic heterocycles. The summed E-state index contributed by atoms with van der Waals surface area (Å²) in [6, 6.07) is 0. The number of hydrogen-bond acceptors (Lipinski definition) is 7. The number of carbonyl (C=O) groups excluding carboxylic acids is 2. The Bertz CT molecular complexity index is 649. The van der Waals surface area contributed by atoms with Gasteiger partial charge in [0, 0.05) is 0 Å². The Morgan fingerprint density at radius 1 is 1.07 bits per heavy atom. The number of morpholine rings is 1. The molecule has 1 aliphatic rings. The molecule has 0 saturated carbocycles. The third-order valence-corrected chi connectivity index (χ3v) is 4.44. The van der Waals surface area contributed by atoms with Crippen molar-refractivity contribution in [3.8, 4) is 0 Å². The first-order valence-electron chi connectivity index (χ1n) is 8.82. The highest BCUT2D eigenvalue weighted by atomic mass is 32.2. The Morgan fingerprint density at radius 2 is 1.59 bits per heavy atom. The van der Waals surface area contributed by atoms with E-state index in [1.165, 1.54) is 4.90 Å². The van der Waals surface area contributed by atoms with Crippen molar-refractivity contribution >= 4 is 22.2 Å². The molecule has 2 amide bonds. The summed E-state index contributed by atoms with van der Waals surface area (Å²) in [4.78, 5) is 26.1. The molecule has 1 fully saturated rings. The van der Waals surface area contributed by atoms with Crippen LogP contribution in [0, 0.1) is 0 Å². The topological polar surface area (TPSA) is 102 Å². The van der Waals surface area contributed by atoms with E-state index in [1.54, 1.807) is 48.5 Å². The third kappa shape index (κ3) is 8.34. The molecule has 158 valence electrons. The minimum atomic E-state index is -3.88. The smallest absolute Gasteiger partial charge is 0.424 e. The fraction of sp³-hybridized carbons (Fsp3) is 0.882. The van der Waals surface area contributed by atoms with Crippen molar-refractivity contribution in [3.63, 3.8) is 0 Å². The number of ether oxygens (including phenoxy) is 3.